The van der Waals surface area contributed by atoms with Gasteiger partial charge in [-0.25, -0.2) is 4.98 Å². The van der Waals surface area contributed by atoms with Crippen molar-refractivity contribution < 1.29 is 17.9 Å². The van der Waals surface area contributed by atoms with E-state index in [0.717, 1.165) is 6.07 Å². The van der Waals surface area contributed by atoms with Crippen LogP contribution in [0.5, 0.6) is 11.6 Å². The van der Waals surface area contributed by atoms with Crippen molar-refractivity contribution in [2.45, 2.75) is 13.1 Å². The zero-order valence-corrected chi connectivity index (χ0v) is 11.7. The fourth-order valence-electron chi connectivity index (χ4n) is 1.56. The third-order valence-corrected chi connectivity index (χ3v) is 2.71. The number of hydrogen-bond acceptors (Lipinski definition) is 4. The summed E-state index contributed by atoms with van der Waals surface area (Å²) in [7, 11) is 0. The van der Waals surface area contributed by atoms with Crippen LogP contribution in [0.2, 0.25) is 5.02 Å². The van der Waals surface area contributed by atoms with Crippen molar-refractivity contribution in [3.05, 3.63) is 41.0 Å². The summed E-state index contributed by atoms with van der Waals surface area (Å²) < 4.78 is 43.9. The minimum absolute atomic E-state index is 0.0219. The number of ether oxygens (including phenoxy) is 1. The van der Waals surface area contributed by atoms with Crippen molar-refractivity contribution >= 4 is 17.5 Å². The maximum absolute atomic E-state index is 12.9. The lowest BCUT2D eigenvalue weighted by atomic mass is 10.2. The molecule has 0 amide bonds. The molecule has 112 valence electrons. The Bertz CT molecular complexity index is 634. The van der Waals surface area contributed by atoms with Crippen LogP contribution in [-0.2, 0) is 6.18 Å². The average molecular weight is 318 g/mol. The van der Waals surface area contributed by atoms with Crippen molar-refractivity contribution in [1.29, 1.82) is 0 Å². The predicted molar refractivity (Wildman–Crippen MR) is 72.7 cm³/mol. The Kier molecular flexibility index (Phi) is 4.52. The Hall–Kier alpha value is -2.02. The smallest absolute Gasteiger partial charge is 0.419 e. The van der Waals surface area contributed by atoms with Gasteiger partial charge in [-0.05, 0) is 19.1 Å². The summed E-state index contributed by atoms with van der Waals surface area (Å²) in [4.78, 5) is 7.82. The molecule has 1 N–H and O–H groups in total. The minimum Gasteiger partial charge on any atom is -0.437 e. The van der Waals surface area contributed by atoms with Gasteiger partial charge in [0.05, 0.1) is 11.8 Å². The zero-order chi connectivity index (χ0) is 15.5. The first kappa shape index (κ1) is 15.4. The van der Waals surface area contributed by atoms with Crippen molar-refractivity contribution in [2.24, 2.45) is 0 Å². The summed E-state index contributed by atoms with van der Waals surface area (Å²) in [6.45, 7) is 2.39. The summed E-state index contributed by atoms with van der Waals surface area (Å²) in [6, 6.07) is 4.84. The van der Waals surface area contributed by atoms with E-state index in [9.17, 15) is 13.2 Å². The Balaban J connectivity index is 2.36. The number of rotatable bonds is 4. The van der Waals surface area contributed by atoms with Crippen LogP contribution in [0.1, 0.15) is 12.5 Å². The number of hydrogen-bond donors (Lipinski definition) is 1. The quantitative estimate of drug-likeness (QED) is 0.909. The molecule has 0 saturated heterocycles. The fraction of sp³-hybridized carbons (Fsp3) is 0.231. The highest BCUT2D eigenvalue weighted by Crippen LogP contribution is 2.38. The molecule has 0 spiro atoms. The first-order valence-corrected chi connectivity index (χ1v) is 6.40. The van der Waals surface area contributed by atoms with Crippen LogP contribution in [0.15, 0.2) is 30.5 Å². The molecule has 0 aliphatic rings. The van der Waals surface area contributed by atoms with Crippen LogP contribution in [0.25, 0.3) is 0 Å². The van der Waals surface area contributed by atoms with Crippen LogP contribution in [-0.4, -0.2) is 16.5 Å². The topological polar surface area (TPSA) is 47.0 Å². The molecule has 2 aromatic rings. The average Bonchev–Trinajstić information content (AvgIpc) is 2.42. The molecule has 8 heteroatoms. The lowest BCUT2D eigenvalue weighted by Crippen LogP contribution is -2.08. The molecule has 0 aliphatic carbocycles. The van der Waals surface area contributed by atoms with Gasteiger partial charge in [0, 0.05) is 6.54 Å². The number of aromatic nitrogens is 2. The molecule has 1 aromatic heterocycles. The number of nitrogens with zero attached hydrogens (tertiary/aromatic N) is 2. The van der Waals surface area contributed by atoms with E-state index in [1.165, 1.54) is 24.4 Å². The summed E-state index contributed by atoms with van der Waals surface area (Å²) in [5.74, 6) is -0.284. The molecule has 0 radical (unpaired) electrons. The first-order chi connectivity index (χ1) is 9.91. The molecule has 0 saturated carbocycles. The van der Waals surface area contributed by atoms with E-state index in [-0.39, 0.29) is 22.6 Å². The maximum atomic E-state index is 12.9. The molecular formula is C13H11ClF3N3O. The van der Waals surface area contributed by atoms with Crippen molar-refractivity contribution in [3.63, 3.8) is 0 Å². The van der Waals surface area contributed by atoms with Gasteiger partial charge in [0.1, 0.15) is 10.8 Å². The van der Waals surface area contributed by atoms with Crippen LogP contribution < -0.4 is 10.1 Å². The van der Waals surface area contributed by atoms with Gasteiger partial charge in [0.2, 0.25) is 11.8 Å². The number of halogens is 4. The molecule has 2 rings (SSSR count). The molecule has 0 unspecified atom stereocenters. The second-order valence-corrected chi connectivity index (χ2v) is 4.38. The van der Waals surface area contributed by atoms with E-state index >= 15 is 0 Å². The van der Waals surface area contributed by atoms with Gasteiger partial charge in [-0.3, -0.25) is 0 Å². The Morgan fingerprint density at radius 1 is 1.29 bits per heavy atom. The predicted octanol–water partition coefficient (Wildman–Crippen LogP) is 4.37. The van der Waals surface area contributed by atoms with Gasteiger partial charge in [0.25, 0.3) is 0 Å². The van der Waals surface area contributed by atoms with E-state index in [0.29, 0.717) is 6.54 Å². The SMILES string of the molecule is CCNc1ncc(Cl)c(Oc2ccccc2C(F)(F)F)n1. The van der Waals surface area contributed by atoms with Crippen LogP contribution in [0, 0.1) is 0 Å². The van der Waals surface area contributed by atoms with E-state index in [2.05, 4.69) is 15.3 Å². The molecule has 21 heavy (non-hydrogen) atoms. The molecule has 0 atom stereocenters. The highest BCUT2D eigenvalue weighted by Gasteiger charge is 2.34. The second-order valence-electron chi connectivity index (χ2n) is 3.97. The summed E-state index contributed by atoms with van der Waals surface area (Å²) >= 11 is 5.85. The molecule has 0 aliphatic heterocycles. The summed E-state index contributed by atoms with van der Waals surface area (Å²) in [5, 5.41) is 2.84. The van der Waals surface area contributed by atoms with Gasteiger partial charge in [-0.1, -0.05) is 23.7 Å². The highest BCUT2D eigenvalue weighted by molar-refractivity contribution is 6.31. The van der Waals surface area contributed by atoms with Gasteiger partial charge in [0.15, 0.2) is 0 Å². The monoisotopic (exact) mass is 317 g/mol. The Morgan fingerprint density at radius 3 is 2.67 bits per heavy atom. The number of nitrogens with one attached hydrogen (secondary N) is 1. The van der Waals surface area contributed by atoms with Crippen LogP contribution >= 0.6 is 11.6 Å². The van der Waals surface area contributed by atoms with Crippen molar-refractivity contribution in [2.75, 3.05) is 11.9 Å². The molecule has 0 bridgehead atoms. The number of benzene rings is 1. The van der Waals surface area contributed by atoms with Crippen molar-refractivity contribution in [1.82, 2.24) is 9.97 Å². The lowest BCUT2D eigenvalue weighted by Gasteiger charge is -2.13. The molecule has 0 fully saturated rings. The minimum atomic E-state index is -4.53. The van der Waals surface area contributed by atoms with Crippen LogP contribution in [0.4, 0.5) is 19.1 Å². The van der Waals surface area contributed by atoms with Gasteiger partial charge in [-0.2, -0.15) is 18.2 Å². The summed E-state index contributed by atoms with van der Waals surface area (Å²) in [5.41, 5.74) is -0.898. The summed E-state index contributed by atoms with van der Waals surface area (Å²) in [6.07, 6.45) is -3.27. The Labute approximate surface area is 123 Å². The Morgan fingerprint density at radius 2 is 2.00 bits per heavy atom. The molecule has 1 aromatic carbocycles. The molecule has 4 nitrogen and oxygen atoms in total. The molecule has 1 heterocycles. The fourth-order valence-corrected chi connectivity index (χ4v) is 1.69. The van der Waals surface area contributed by atoms with Gasteiger partial charge >= 0.3 is 6.18 Å². The third kappa shape index (κ3) is 3.75. The van der Waals surface area contributed by atoms with Gasteiger partial charge < -0.3 is 10.1 Å². The van der Waals surface area contributed by atoms with Crippen LogP contribution in [0.3, 0.4) is 0 Å². The lowest BCUT2D eigenvalue weighted by molar-refractivity contribution is -0.138. The number of alkyl halides is 3. The van der Waals surface area contributed by atoms with Gasteiger partial charge in [-0.15, -0.1) is 0 Å². The van der Waals surface area contributed by atoms with E-state index in [4.69, 9.17) is 16.3 Å². The molecular weight excluding hydrogens is 307 g/mol. The number of anilines is 1. The third-order valence-electron chi connectivity index (χ3n) is 2.45. The normalized spacial score (nSPS) is 11.3. The largest absolute Gasteiger partial charge is 0.437 e. The van der Waals surface area contributed by atoms with E-state index in [1.54, 1.807) is 0 Å². The highest BCUT2D eigenvalue weighted by atomic mass is 35.5. The first-order valence-electron chi connectivity index (χ1n) is 6.02. The zero-order valence-electron chi connectivity index (χ0n) is 10.9. The van der Waals surface area contributed by atoms with Crippen molar-refractivity contribution in [3.8, 4) is 11.6 Å². The van der Waals surface area contributed by atoms with E-state index < -0.39 is 11.7 Å². The van der Waals surface area contributed by atoms with E-state index in [1.807, 2.05) is 6.92 Å². The maximum Gasteiger partial charge on any atom is 0.419 e. The standard InChI is InChI=1S/C13H11ClF3N3O/c1-2-18-12-19-7-9(14)11(20-12)21-10-6-4-3-5-8(10)13(15,16)17/h3-7H,2H2,1H3,(H,18,19,20). The number of para-hydroxylation sites is 1. The second kappa shape index (κ2) is 6.17.